The summed E-state index contributed by atoms with van der Waals surface area (Å²) in [6.07, 6.45) is 2.78. The maximum atomic E-state index is 13.8. The predicted molar refractivity (Wildman–Crippen MR) is 125 cm³/mol. The minimum atomic E-state index is -0.586. The SMILES string of the molecule is Cn1cc(C(=O)N2CCC(c3ccc(F)cc3)CC2)c(Nc2cc(F)ccc2C#N)c(Cl)c1=O. The number of hydrogen-bond donors (Lipinski definition) is 1. The molecule has 34 heavy (non-hydrogen) atoms. The van der Waals surface area contributed by atoms with Gasteiger partial charge in [0.2, 0.25) is 0 Å². The summed E-state index contributed by atoms with van der Waals surface area (Å²) in [6.45, 7) is 0.925. The number of piperidine rings is 1. The number of nitrogens with zero attached hydrogens (tertiary/aromatic N) is 3. The topological polar surface area (TPSA) is 78.1 Å². The van der Waals surface area contributed by atoms with Gasteiger partial charge in [-0.1, -0.05) is 23.7 Å². The molecule has 1 amide bonds. The lowest BCUT2D eigenvalue weighted by molar-refractivity contribution is 0.0713. The number of nitriles is 1. The second-order valence-corrected chi connectivity index (χ2v) is 8.57. The Bertz CT molecular complexity index is 1340. The Morgan fingerprint density at radius 2 is 1.76 bits per heavy atom. The van der Waals surface area contributed by atoms with Gasteiger partial charge >= 0.3 is 0 Å². The molecule has 3 aromatic rings. The molecule has 0 atom stereocenters. The number of nitrogens with one attached hydrogen (secondary N) is 1. The molecule has 6 nitrogen and oxygen atoms in total. The Morgan fingerprint density at radius 1 is 1.12 bits per heavy atom. The number of amides is 1. The van der Waals surface area contributed by atoms with E-state index in [0.717, 1.165) is 17.7 Å². The van der Waals surface area contributed by atoms with Crippen LogP contribution in [0.2, 0.25) is 5.02 Å². The van der Waals surface area contributed by atoms with Gasteiger partial charge in [-0.2, -0.15) is 5.26 Å². The highest BCUT2D eigenvalue weighted by Crippen LogP contribution is 2.32. The summed E-state index contributed by atoms with van der Waals surface area (Å²) >= 11 is 6.31. The van der Waals surface area contributed by atoms with E-state index in [4.69, 9.17) is 11.6 Å². The van der Waals surface area contributed by atoms with Crippen LogP contribution in [0.5, 0.6) is 0 Å². The Kier molecular flexibility index (Phi) is 6.66. The van der Waals surface area contributed by atoms with Crippen molar-refractivity contribution in [3.05, 3.63) is 92.4 Å². The number of anilines is 2. The number of likely N-dealkylation sites (tertiary alicyclic amines) is 1. The van der Waals surface area contributed by atoms with Crippen molar-refractivity contribution in [2.75, 3.05) is 18.4 Å². The monoisotopic (exact) mass is 482 g/mol. The molecule has 0 unspecified atom stereocenters. The molecule has 1 aromatic heterocycles. The van der Waals surface area contributed by atoms with E-state index in [1.165, 1.54) is 36.0 Å². The zero-order chi connectivity index (χ0) is 24.4. The zero-order valence-electron chi connectivity index (χ0n) is 18.3. The van der Waals surface area contributed by atoms with E-state index in [2.05, 4.69) is 5.32 Å². The quantitative estimate of drug-likeness (QED) is 0.570. The van der Waals surface area contributed by atoms with Crippen LogP contribution < -0.4 is 10.9 Å². The average molecular weight is 483 g/mol. The first-order chi connectivity index (χ1) is 16.3. The number of benzene rings is 2. The highest BCUT2D eigenvalue weighted by molar-refractivity contribution is 6.34. The molecule has 2 heterocycles. The molecule has 0 spiro atoms. The first-order valence-corrected chi connectivity index (χ1v) is 11.1. The van der Waals surface area contributed by atoms with Crippen LogP contribution in [0.15, 0.2) is 53.5 Å². The molecule has 174 valence electrons. The summed E-state index contributed by atoms with van der Waals surface area (Å²) in [4.78, 5) is 27.6. The molecule has 0 aliphatic carbocycles. The molecule has 1 aliphatic heterocycles. The molecule has 0 bridgehead atoms. The maximum absolute atomic E-state index is 13.8. The molecule has 9 heteroatoms. The Hall–Kier alpha value is -3.70. The van der Waals surface area contributed by atoms with Gasteiger partial charge in [-0.25, -0.2) is 8.78 Å². The van der Waals surface area contributed by atoms with E-state index in [9.17, 15) is 23.6 Å². The summed E-state index contributed by atoms with van der Waals surface area (Å²) in [5.74, 6) is -1.01. The first kappa shape index (κ1) is 23.5. The largest absolute Gasteiger partial charge is 0.352 e. The van der Waals surface area contributed by atoms with E-state index in [-0.39, 0.29) is 45.2 Å². The van der Waals surface area contributed by atoms with Crippen molar-refractivity contribution in [2.24, 2.45) is 7.05 Å². The first-order valence-electron chi connectivity index (χ1n) is 10.7. The van der Waals surface area contributed by atoms with Crippen LogP contribution in [-0.4, -0.2) is 28.5 Å². The van der Waals surface area contributed by atoms with Gasteiger partial charge in [0, 0.05) is 26.3 Å². The third-order valence-corrected chi connectivity index (χ3v) is 6.39. The maximum Gasteiger partial charge on any atom is 0.271 e. The van der Waals surface area contributed by atoms with Crippen LogP contribution in [0.1, 0.15) is 40.2 Å². The Morgan fingerprint density at radius 3 is 2.41 bits per heavy atom. The van der Waals surface area contributed by atoms with Crippen molar-refractivity contribution in [2.45, 2.75) is 18.8 Å². The van der Waals surface area contributed by atoms with Crippen LogP contribution in [0.25, 0.3) is 0 Å². The highest BCUT2D eigenvalue weighted by atomic mass is 35.5. The normalized spacial score (nSPS) is 14.0. The number of hydrogen-bond acceptors (Lipinski definition) is 4. The predicted octanol–water partition coefficient (Wildman–Crippen LogP) is 4.95. The van der Waals surface area contributed by atoms with Crippen molar-refractivity contribution in [3.63, 3.8) is 0 Å². The number of carbonyl (C=O) groups is 1. The van der Waals surface area contributed by atoms with Crippen LogP contribution in [0.4, 0.5) is 20.2 Å². The average Bonchev–Trinajstić information content (AvgIpc) is 2.84. The molecule has 0 radical (unpaired) electrons. The van der Waals surface area contributed by atoms with E-state index < -0.39 is 11.4 Å². The molecular weight excluding hydrogens is 462 g/mol. The smallest absolute Gasteiger partial charge is 0.271 e. The van der Waals surface area contributed by atoms with Crippen molar-refractivity contribution >= 4 is 28.9 Å². The lowest BCUT2D eigenvalue weighted by Gasteiger charge is -2.33. The number of pyridine rings is 1. The van der Waals surface area contributed by atoms with Crippen LogP contribution in [0, 0.1) is 23.0 Å². The molecule has 1 N–H and O–H groups in total. The van der Waals surface area contributed by atoms with E-state index in [1.807, 2.05) is 6.07 Å². The zero-order valence-corrected chi connectivity index (χ0v) is 19.1. The number of aryl methyl sites for hydroxylation is 1. The summed E-state index contributed by atoms with van der Waals surface area (Å²) in [5.41, 5.74) is 0.887. The molecule has 1 aliphatic rings. The fourth-order valence-electron chi connectivity index (χ4n) is 4.15. The van der Waals surface area contributed by atoms with Crippen LogP contribution >= 0.6 is 11.6 Å². The fraction of sp³-hybridized carbons (Fsp3) is 0.240. The van der Waals surface area contributed by atoms with Crippen molar-refractivity contribution in [1.29, 1.82) is 5.26 Å². The van der Waals surface area contributed by atoms with E-state index >= 15 is 0 Å². The third-order valence-electron chi connectivity index (χ3n) is 6.04. The second kappa shape index (κ2) is 9.65. The van der Waals surface area contributed by atoms with Crippen molar-refractivity contribution < 1.29 is 13.6 Å². The fourth-order valence-corrected chi connectivity index (χ4v) is 4.44. The number of aromatic nitrogens is 1. The lowest BCUT2D eigenvalue weighted by Crippen LogP contribution is -2.39. The van der Waals surface area contributed by atoms with Gasteiger partial charge in [0.05, 0.1) is 22.5 Å². The Labute approximate surface area is 200 Å². The van der Waals surface area contributed by atoms with Crippen LogP contribution in [0.3, 0.4) is 0 Å². The number of rotatable bonds is 4. The van der Waals surface area contributed by atoms with E-state index in [0.29, 0.717) is 25.9 Å². The summed E-state index contributed by atoms with van der Waals surface area (Å²) in [7, 11) is 1.48. The number of halogens is 3. The molecule has 0 saturated carbocycles. The molecule has 4 rings (SSSR count). The van der Waals surface area contributed by atoms with Gasteiger partial charge in [-0.3, -0.25) is 9.59 Å². The van der Waals surface area contributed by atoms with Gasteiger partial charge in [-0.05, 0) is 54.7 Å². The minimum Gasteiger partial charge on any atom is -0.352 e. The van der Waals surface area contributed by atoms with Gasteiger partial charge in [0.25, 0.3) is 11.5 Å². The van der Waals surface area contributed by atoms with Gasteiger partial charge in [0.15, 0.2) is 0 Å². The van der Waals surface area contributed by atoms with Crippen LogP contribution in [-0.2, 0) is 7.05 Å². The third kappa shape index (κ3) is 4.66. The molecule has 1 saturated heterocycles. The van der Waals surface area contributed by atoms with Gasteiger partial charge in [-0.15, -0.1) is 0 Å². The summed E-state index contributed by atoms with van der Waals surface area (Å²) in [6, 6.07) is 11.9. The van der Waals surface area contributed by atoms with Gasteiger partial charge < -0.3 is 14.8 Å². The number of carbonyl (C=O) groups excluding carboxylic acids is 1. The summed E-state index contributed by atoms with van der Waals surface area (Å²) in [5, 5.41) is 12.0. The molecule has 2 aromatic carbocycles. The highest BCUT2D eigenvalue weighted by Gasteiger charge is 2.28. The minimum absolute atomic E-state index is 0.0255. The van der Waals surface area contributed by atoms with Crippen molar-refractivity contribution in [1.82, 2.24) is 9.47 Å². The second-order valence-electron chi connectivity index (χ2n) is 8.19. The standard InChI is InChI=1S/C25H21ClF2N4O2/c1-31-14-20(23(22(26)25(31)34)30-21-12-19(28)7-4-17(21)13-29)24(33)32-10-8-16(9-11-32)15-2-5-18(27)6-3-15/h2-7,12,14,16,30H,8-11H2,1H3. The van der Waals surface area contributed by atoms with Gasteiger partial charge in [0.1, 0.15) is 22.7 Å². The lowest BCUT2D eigenvalue weighted by atomic mass is 9.89. The van der Waals surface area contributed by atoms with Crippen molar-refractivity contribution in [3.8, 4) is 6.07 Å². The van der Waals surface area contributed by atoms with E-state index in [1.54, 1.807) is 17.0 Å². The molecule has 1 fully saturated rings. The Balaban J connectivity index is 1.62. The molecular formula is C25H21ClF2N4O2. The summed E-state index contributed by atoms with van der Waals surface area (Å²) < 4.78 is 28.3.